The second kappa shape index (κ2) is 6.42. The van der Waals surface area contributed by atoms with Crippen LogP contribution in [0.25, 0.3) is 0 Å². The van der Waals surface area contributed by atoms with Crippen molar-refractivity contribution >= 4 is 17.5 Å². The van der Waals surface area contributed by atoms with Crippen molar-refractivity contribution in [1.29, 1.82) is 0 Å². The summed E-state index contributed by atoms with van der Waals surface area (Å²) in [7, 11) is 0. The monoisotopic (exact) mass is 353 g/mol. The van der Waals surface area contributed by atoms with Crippen molar-refractivity contribution in [3.63, 3.8) is 0 Å². The van der Waals surface area contributed by atoms with Gasteiger partial charge < -0.3 is 15.2 Å². The van der Waals surface area contributed by atoms with E-state index in [2.05, 4.69) is 10.3 Å². The molecule has 2 amide bonds. The number of aliphatic hydroxyl groups is 1. The van der Waals surface area contributed by atoms with Gasteiger partial charge in [0.15, 0.2) is 0 Å². The predicted octanol–water partition coefficient (Wildman–Crippen LogP) is 1.13. The summed E-state index contributed by atoms with van der Waals surface area (Å²) in [6.07, 6.45) is 0.613. The standard InChI is InChI=1S/C19H19N3O4/c1-11(23)22-14-7-2-3-8-15(14)26-16-10-13(18(24)17(16)22)21-19(25)12-6-4-5-9-20-12/h2-9,13,16-18,24H,10H2,1H3,(H,21,25)/t13-,16-,17-,18-/m1/s1. The number of nitrogens with one attached hydrogen (secondary N) is 1. The maximum absolute atomic E-state index is 12.4. The van der Waals surface area contributed by atoms with Crippen LogP contribution in [0, 0.1) is 0 Å². The van der Waals surface area contributed by atoms with Gasteiger partial charge in [-0.15, -0.1) is 0 Å². The Morgan fingerprint density at radius 2 is 2.00 bits per heavy atom. The molecule has 7 nitrogen and oxygen atoms in total. The molecule has 1 aromatic carbocycles. The van der Waals surface area contributed by atoms with Crippen LogP contribution in [-0.4, -0.2) is 46.2 Å². The lowest BCUT2D eigenvalue weighted by molar-refractivity contribution is -0.118. The van der Waals surface area contributed by atoms with Gasteiger partial charge in [-0.2, -0.15) is 0 Å². The van der Waals surface area contributed by atoms with Gasteiger partial charge in [0.05, 0.1) is 17.8 Å². The van der Waals surface area contributed by atoms with E-state index in [1.165, 1.54) is 13.1 Å². The Kier molecular flexibility index (Phi) is 4.08. The van der Waals surface area contributed by atoms with Crippen molar-refractivity contribution in [2.75, 3.05) is 4.90 Å². The largest absolute Gasteiger partial charge is 0.486 e. The minimum absolute atomic E-state index is 0.175. The molecule has 134 valence electrons. The van der Waals surface area contributed by atoms with Crippen molar-refractivity contribution in [1.82, 2.24) is 10.3 Å². The lowest BCUT2D eigenvalue weighted by Crippen LogP contribution is -2.55. The van der Waals surface area contributed by atoms with Gasteiger partial charge in [0.1, 0.15) is 23.6 Å². The molecule has 1 saturated carbocycles. The molecule has 4 atom stereocenters. The van der Waals surface area contributed by atoms with Gasteiger partial charge in [-0.1, -0.05) is 18.2 Å². The molecule has 0 saturated heterocycles. The molecule has 1 aromatic heterocycles. The smallest absolute Gasteiger partial charge is 0.270 e. The molecule has 2 aromatic rings. The summed E-state index contributed by atoms with van der Waals surface area (Å²) >= 11 is 0. The number of carbonyl (C=O) groups is 2. The van der Waals surface area contributed by atoms with Gasteiger partial charge in [-0.25, -0.2) is 0 Å². The molecule has 0 radical (unpaired) electrons. The van der Waals surface area contributed by atoms with Crippen LogP contribution in [0.5, 0.6) is 5.75 Å². The van der Waals surface area contributed by atoms with E-state index in [0.29, 0.717) is 17.9 Å². The topological polar surface area (TPSA) is 91.8 Å². The number of anilines is 1. The Hall–Kier alpha value is -2.93. The van der Waals surface area contributed by atoms with Gasteiger partial charge in [0.2, 0.25) is 5.91 Å². The van der Waals surface area contributed by atoms with E-state index in [4.69, 9.17) is 4.74 Å². The molecule has 1 fully saturated rings. The van der Waals surface area contributed by atoms with Crippen LogP contribution in [0.1, 0.15) is 23.8 Å². The van der Waals surface area contributed by atoms with E-state index in [1.54, 1.807) is 35.2 Å². The number of aliphatic hydroxyl groups excluding tert-OH is 1. The van der Waals surface area contributed by atoms with E-state index >= 15 is 0 Å². The zero-order valence-corrected chi connectivity index (χ0v) is 14.2. The van der Waals surface area contributed by atoms with E-state index in [0.717, 1.165) is 0 Å². The van der Waals surface area contributed by atoms with Gasteiger partial charge in [0.25, 0.3) is 5.91 Å². The third-order valence-corrected chi connectivity index (χ3v) is 4.88. The molecular formula is C19H19N3O4. The van der Waals surface area contributed by atoms with E-state index in [9.17, 15) is 14.7 Å². The van der Waals surface area contributed by atoms with Crippen molar-refractivity contribution < 1.29 is 19.4 Å². The fraction of sp³-hybridized carbons (Fsp3) is 0.316. The minimum Gasteiger partial charge on any atom is -0.486 e. The SMILES string of the molecule is CC(=O)N1c2ccccc2O[C@@H]2C[C@@H](NC(=O)c3ccccn3)[C@@H](O)[C@@H]21. The molecule has 0 spiro atoms. The summed E-state index contributed by atoms with van der Waals surface area (Å²) in [5.41, 5.74) is 0.916. The number of nitrogens with zero attached hydrogens (tertiary/aromatic N) is 2. The summed E-state index contributed by atoms with van der Waals surface area (Å²) in [4.78, 5) is 30.2. The van der Waals surface area contributed by atoms with Gasteiger partial charge in [-0.3, -0.25) is 19.5 Å². The maximum atomic E-state index is 12.4. The summed E-state index contributed by atoms with van der Waals surface area (Å²) in [6.45, 7) is 1.46. The first kappa shape index (κ1) is 16.5. The average Bonchev–Trinajstić information content (AvgIpc) is 2.95. The number of fused-ring (bicyclic) bond motifs is 2. The van der Waals surface area contributed by atoms with Crippen LogP contribution in [0.15, 0.2) is 48.7 Å². The lowest BCUT2D eigenvalue weighted by atomic mass is 10.1. The van der Waals surface area contributed by atoms with Crippen molar-refractivity contribution in [2.45, 2.75) is 37.6 Å². The van der Waals surface area contributed by atoms with Crippen LogP contribution >= 0.6 is 0 Å². The van der Waals surface area contributed by atoms with Gasteiger partial charge in [0, 0.05) is 19.5 Å². The Balaban J connectivity index is 1.59. The highest BCUT2D eigenvalue weighted by molar-refractivity contribution is 5.95. The first-order chi connectivity index (χ1) is 12.6. The van der Waals surface area contributed by atoms with Crippen LogP contribution in [-0.2, 0) is 4.79 Å². The van der Waals surface area contributed by atoms with Crippen LogP contribution < -0.4 is 15.0 Å². The number of amides is 2. The van der Waals surface area contributed by atoms with Crippen molar-refractivity contribution in [2.24, 2.45) is 0 Å². The first-order valence-corrected chi connectivity index (χ1v) is 8.51. The average molecular weight is 353 g/mol. The molecule has 0 unspecified atom stereocenters. The molecule has 1 aliphatic carbocycles. The lowest BCUT2D eigenvalue weighted by Gasteiger charge is -2.39. The minimum atomic E-state index is -0.940. The fourth-order valence-corrected chi connectivity index (χ4v) is 3.77. The Bertz CT molecular complexity index is 842. The maximum Gasteiger partial charge on any atom is 0.270 e. The summed E-state index contributed by atoms with van der Waals surface area (Å²) in [6, 6.07) is 11.2. The molecule has 4 rings (SSSR count). The third-order valence-electron chi connectivity index (χ3n) is 4.88. The molecule has 2 aliphatic rings. The van der Waals surface area contributed by atoms with Gasteiger partial charge in [-0.05, 0) is 24.3 Å². The Morgan fingerprint density at radius 3 is 2.73 bits per heavy atom. The fourth-order valence-electron chi connectivity index (χ4n) is 3.77. The second-order valence-corrected chi connectivity index (χ2v) is 6.52. The van der Waals surface area contributed by atoms with Crippen molar-refractivity contribution in [3.05, 3.63) is 54.4 Å². The molecule has 1 aliphatic heterocycles. The van der Waals surface area contributed by atoms with E-state index < -0.39 is 24.3 Å². The van der Waals surface area contributed by atoms with Crippen molar-refractivity contribution in [3.8, 4) is 5.75 Å². The number of carbonyl (C=O) groups excluding carboxylic acids is 2. The van der Waals surface area contributed by atoms with Gasteiger partial charge >= 0.3 is 0 Å². The molecule has 2 N–H and O–H groups in total. The number of pyridine rings is 1. The molecule has 26 heavy (non-hydrogen) atoms. The number of aromatic nitrogens is 1. The number of benzene rings is 1. The zero-order valence-electron chi connectivity index (χ0n) is 14.2. The highest BCUT2D eigenvalue weighted by Crippen LogP contribution is 2.41. The quantitative estimate of drug-likeness (QED) is 0.844. The second-order valence-electron chi connectivity index (χ2n) is 6.52. The highest BCUT2D eigenvalue weighted by atomic mass is 16.5. The first-order valence-electron chi connectivity index (χ1n) is 8.51. The zero-order chi connectivity index (χ0) is 18.3. The normalized spacial score (nSPS) is 26.5. The van der Waals surface area contributed by atoms with E-state index in [-0.39, 0.29) is 17.5 Å². The number of hydrogen-bond acceptors (Lipinski definition) is 5. The van der Waals surface area contributed by atoms with Crippen LogP contribution in [0.4, 0.5) is 5.69 Å². The highest BCUT2D eigenvalue weighted by Gasteiger charge is 2.51. The van der Waals surface area contributed by atoms with Crippen LogP contribution in [0.2, 0.25) is 0 Å². The number of ether oxygens (including phenoxy) is 1. The number of rotatable bonds is 2. The number of hydrogen-bond donors (Lipinski definition) is 2. The number of para-hydroxylation sites is 2. The molecule has 2 heterocycles. The van der Waals surface area contributed by atoms with Crippen LogP contribution in [0.3, 0.4) is 0 Å². The molecular weight excluding hydrogens is 334 g/mol. The predicted molar refractivity (Wildman–Crippen MR) is 93.9 cm³/mol. The van der Waals surface area contributed by atoms with E-state index in [1.807, 2.05) is 12.1 Å². The summed E-state index contributed by atoms with van der Waals surface area (Å²) in [5.74, 6) is 0.0690. The summed E-state index contributed by atoms with van der Waals surface area (Å²) in [5, 5.41) is 13.6. The Morgan fingerprint density at radius 1 is 1.23 bits per heavy atom. The molecule has 0 bridgehead atoms. The summed E-state index contributed by atoms with van der Waals surface area (Å²) < 4.78 is 6.00. The molecule has 7 heteroatoms. The third kappa shape index (κ3) is 2.70. The Labute approximate surface area is 150 Å².